The van der Waals surface area contributed by atoms with E-state index in [-0.39, 0.29) is 17.7 Å². The van der Waals surface area contributed by atoms with Crippen molar-refractivity contribution in [1.82, 2.24) is 5.01 Å². The summed E-state index contributed by atoms with van der Waals surface area (Å²) in [5.41, 5.74) is 6.85. The van der Waals surface area contributed by atoms with Crippen LogP contribution >= 0.6 is 0 Å². The van der Waals surface area contributed by atoms with Gasteiger partial charge in [0, 0.05) is 43.0 Å². The Morgan fingerprint density at radius 3 is 2.53 bits per heavy atom. The Morgan fingerprint density at radius 1 is 1.17 bits per heavy atom. The number of carbonyl (C=O) groups is 1. The van der Waals surface area contributed by atoms with E-state index < -0.39 is 0 Å². The number of allylic oxidation sites excluding steroid dienone is 2. The van der Waals surface area contributed by atoms with Gasteiger partial charge in [-0.1, -0.05) is 12.1 Å². The highest BCUT2D eigenvalue weighted by Gasteiger charge is 2.42. The van der Waals surface area contributed by atoms with Crippen LogP contribution in [-0.2, 0) is 11.2 Å². The Balaban J connectivity index is 1.78. The topological polar surface area (TPSA) is 45.1 Å². The lowest BCUT2D eigenvalue weighted by molar-refractivity contribution is -0.112. The monoisotopic (exact) mass is 403 g/mol. The fourth-order valence-electron chi connectivity index (χ4n) is 4.59. The first-order valence-electron chi connectivity index (χ1n) is 10.4. The number of nitrogens with zero attached hydrogens (tertiary/aromatic N) is 3. The Bertz CT molecular complexity index is 1020. The zero-order valence-corrected chi connectivity index (χ0v) is 18.3. The number of benzene rings is 2. The Hall–Kier alpha value is -3.08. The lowest BCUT2D eigenvalue weighted by Crippen LogP contribution is -2.28. The van der Waals surface area contributed by atoms with Gasteiger partial charge in [-0.25, -0.2) is 0 Å². The van der Waals surface area contributed by atoms with Crippen LogP contribution in [0.25, 0.3) is 0 Å². The van der Waals surface area contributed by atoms with Crippen molar-refractivity contribution in [2.75, 3.05) is 26.1 Å². The van der Waals surface area contributed by atoms with Crippen LogP contribution in [-0.4, -0.2) is 37.7 Å². The van der Waals surface area contributed by atoms with Crippen molar-refractivity contribution in [3.05, 3.63) is 70.9 Å². The maximum Gasteiger partial charge on any atom is 0.154 e. The molecule has 2 aromatic carbocycles. The van der Waals surface area contributed by atoms with Gasteiger partial charge in [-0.2, -0.15) is 5.10 Å². The fraction of sp³-hybridized carbons (Fsp3) is 0.360. The van der Waals surface area contributed by atoms with Crippen molar-refractivity contribution >= 4 is 17.2 Å². The molecule has 5 heteroatoms. The number of rotatable bonds is 5. The minimum atomic E-state index is 0.0365. The molecule has 156 valence electrons. The second-order valence-corrected chi connectivity index (χ2v) is 8.33. The Kier molecular flexibility index (Phi) is 5.37. The molecule has 0 unspecified atom stereocenters. The van der Waals surface area contributed by atoms with Crippen LogP contribution in [0.4, 0.5) is 5.69 Å². The summed E-state index contributed by atoms with van der Waals surface area (Å²) in [6.07, 6.45) is 3.69. The summed E-state index contributed by atoms with van der Waals surface area (Å²) in [5.74, 6) is 1.20. The predicted molar refractivity (Wildman–Crippen MR) is 121 cm³/mol. The molecule has 1 heterocycles. The van der Waals surface area contributed by atoms with Crippen molar-refractivity contribution in [3.63, 3.8) is 0 Å². The molecular weight excluding hydrogens is 374 g/mol. The second kappa shape index (κ2) is 7.98. The molecular formula is C25H29N3O2. The van der Waals surface area contributed by atoms with Crippen LogP contribution in [0, 0.1) is 5.92 Å². The molecule has 1 aliphatic carbocycles. The molecule has 2 aromatic rings. The van der Waals surface area contributed by atoms with Crippen LogP contribution in [0.1, 0.15) is 43.0 Å². The first-order valence-corrected chi connectivity index (χ1v) is 10.4. The molecule has 0 fully saturated rings. The summed E-state index contributed by atoms with van der Waals surface area (Å²) in [4.78, 5) is 13.9. The van der Waals surface area contributed by atoms with Crippen molar-refractivity contribution in [2.24, 2.45) is 11.0 Å². The third-order valence-corrected chi connectivity index (χ3v) is 6.05. The van der Waals surface area contributed by atoms with Gasteiger partial charge in [0.05, 0.1) is 18.9 Å². The minimum Gasteiger partial charge on any atom is -0.497 e. The molecule has 4 rings (SSSR count). The van der Waals surface area contributed by atoms with Crippen LogP contribution in [0.15, 0.2) is 59.3 Å². The molecule has 5 nitrogen and oxygen atoms in total. The molecule has 0 aromatic heterocycles. The van der Waals surface area contributed by atoms with Gasteiger partial charge >= 0.3 is 0 Å². The molecule has 2 aliphatic rings. The molecule has 0 amide bonds. The number of ether oxygens (including phenoxy) is 1. The maximum absolute atomic E-state index is 11.8. The zero-order valence-electron chi connectivity index (χ0n) is 18.3. The smallest absolute Gasteiger partial charge is 0.154 e. The van der Waals surface area contributed by atoms with E-state index in [4.69, 9.17) is 9.84 Å². The quantitative estimate of drug-likeness (QED) is 0.686. The number of methoxy groups -OCH3 is 1. The fourth-order valence-corrected chi connectivity index (χ4v) is 4.59. The number of anilines is 1. The summed E-state index contributed by atoms with van der Waals surface area (Å²) in [7, 11) is 5.79. The predicted octanol–water partition coefficient (Wildman–Crippen LogP) is 4.58. The second-order valence-electron chi connectivity index (χ2n) is 8.33. The van der Waals surface area contributed by atoms with Crippen LogP contribution < -0.4 is 9.64 Å². The van der Waals surface area contributed by atoms with Gasteiger partial charge < -0.3 is 9.64 Å². The van der Waals surface area contributed by atoms with Gasteiger partial charge in [0.2, 0.25) is 0 Å². The largest absolute Gasteiger partial charge is 0.497 e. The van der Waals surface area contributed by atoms with Crippen LogP contribution in [0.3, 0.4) is 0 Å². The lowest BCUT2D eigenvalue weighted by atomic mass is 9.77. The van der Waals surface area contributed by atoms with Gasteiger partial charge in [-0.05, 0) is 68.1 Å². The molecule has 30 heavy (non-hydrogen) atoms. The number of carbonyl (C=O) groups excluding carboxylic acids is 1. The Labute approximate surface area is 178 Å². The molecule has 0 saturated heterocycles. The van der Waals surface area contributed by atoms with Crippen molar-refractivity contribution < 1.29 is 9.53 Å². The van der Waals surface area contributed by atoms with Gasteiger partial charge in [0.1, 0.15) is 5.75 Å². The normalized spacial score (nSPS) is 20.4. The molecule has 0 saturated carbocycles. The van der Waals surface area contributed by atoms with E-state index in [0.29, 0.717) is 0 Å². The van der Waals surface area contributed by atoms with Crippen molar-refractivity contribution in [3.8, 4) is 5.75 Å². The van der Waals surface area contributed by atoms with E-state index in [0.717, 1.165) is 30.0 Å². The molecule has 1 aliphatic heterocycles. The number of hydrogen-bond acceptors (Lipinski definition) is 5. The van der Waals surface area contributed by atoms with Crippen LogP contribution in [0.5, 0.6) is 5.75 Å². The summed E-state index contributed by atoms with van der Waals surface area (Å²) >= 11 is 0. The average Bonchev–Trinajstić information content (AvgIpc) is 3.13. The standard InChI is InChI=1S/C25H29N3O2/c1-16(14-17(2)29)28-25(18-6-9-20(10-7-18)27(3)4)23-12-8-19-15-21(30-5)11-13-22(19)24(23)26-28/h6-7,9-11,13-15,23,25H,8,12H2,1-5H3/b16-14+/t23-,25-/m1/s1. The lowest BCUT2D eigenvalue weighted by Gasteiger charge is -2.31. The van der Waals surface area contributed by atoms with Crippen molar-refractivity contribution in [1.29, 1.82) is 0 Å². The average molecular weight is 404 g/mol. The molecule has 0 radical (unpaired) electrons. The van der Waals surface area contributed by atoms with Gasteiger partial charge in [0.25, 0.3) is 0 Å². The highest BCUT2D eigenvalue weighted by Crippen LogP contribution is 2.45. The summed E-state index contributed by atoms with van der Waals surface area (Å²) < 4.78 is 5.41. The minimum absolute atomic E-state index is 0.0365. The van der Waals surface area contributed by atoms with E-state index in [9.17, 15) is 4.79 Å². The molecule has 0 bridgehead atoms. The molecule has 2 atom stereocenters. The number of hydrogen-bond donors (Lipinski definition) is 0. The van der Waals surface area contributed by atoms with Gasteiger partial charge in [0.15, 0.2) is 5.78 Å². The number of fused-ring (bicyclic) bond motifs is 3. The first kappa shape index (κ1) is 20.2. The van der Waals surface area contributed by atoms with E-state index >= 15 is 0 Å². The van der Waals surface area contributed by atoms with E-state index in [1.165, 1.54) is 22.4 Å². The van der Waals surface area contributed by atoms with E-state index in [2.05, 4.69) is 41.3 Å². The zero-order chi connectivity index (χ0) is 21.4. The summed E-state index contributed by atoms with van der Waals surface area (Å²) in [5, 5.41) is 7.10. The summed E-state index contributed by atoms with van der Waals surface area (Å²) in [6, 6.07) is 15.0. The molecule has 0 spiro atoms. The van der Waals surface area contributed by atoms with Crippen LogP contribution in [0.2, 0.25) is 0 Å². The summed E-state index contributed by atoms with van der Waals surface area (Å²) in [6.45, 7) is 3.56. The first-order chi connectivity index (χ1) is 14.4. The van der Waals surface area contributed by atoms with E-state index in [1.54, 1.807) is 20.1 Å². The number of ketones is 1. The van der Waals surface area contributed by atoms with Gasteiger partial charge in [-0.3, -0.25) is 9.80 Å². The molecule has 0 N–H and O–H groups in total. The highest BCUT2D eigenvalue weighted by atomic mass is 16.5. The number of hydrazone groups is 1. The van der Waals surface area contributed by atoms with Crippen molar-refractivity contribution in [2.45, 2.75) is 32.7 Å². The van der Waals surface area contributed by atoms with Gasteiger partial charge in [-0.15, -0.1) is 0 Å². The Morgan fingerprint density at radius 2 is 1.90 bits per heavy atom. The third-order valence-electron chi connectivity index (χ3n) is 6.05. The van der Waals surface area contributed by atoms with E-state index in [1.807, 2.05) is 32.1 Å². The third kappa shape index (κ3) is 3.60. The SMILES string of the molecule is COc1ccc2c(c1)CC[C@@H]1C2=NN(/C(C)=C/C(C)=O)[C@@H]1c1ccc(N(C)C)cc1. The maximum atomic E-state index is 11.8. The highest BCUT2D eigenvalue weighted by molar-refractivity contribution is 6.06. The number of aryl methyl sites for hydroxylation is 1.